The van der Waals surface area contributed by atoms with Crippen molar-refractivity contribution >= 4 is 15.9 Å². The zero-order valence-electron chi connectivity index (χ0n) is 17.9. The first-order chi connectivity index (χ1) is 14.5. The zero-order valence-corrected chi connectivity index (χ0v) is 18.7. The van der Waals surface area contributed by atoms with Crippen LogP contribution in [0.3, 0.4) is 0 Å². The fraction of sp³-hybridized carbons (Fsp3) is 0.696. The summed E-state index contributed by atoms with van der Waals surface area (Å²) in [5.41, 5.74) is 1.13. The van der Waals surface area contributed by atoms with Crippen molar-refractivity contribution in [3.8, 4) is 0 Å². The highest BCUT2D eigenvalue weighted by Crippen LogP contribution is 2.38. The topological polar surface area (TPSA) is 69.7 Å². The number of hydrogen-bond acceptors (Lipinski definition) is 4. The van der Waals surface area contributed by atoms with E-state index in [1.807, 2.05) is 6.07 Å². The van der Waals surface area contributed by atoms with E-state index in [4.69, 9.17) is 0 Å². The minimum absolute atomic E-state index is 0.0561. The van der Waals surface area contributed by atoms with Crippen LogP contribution in [0.2, 0.25) is 0 Å². The minimum Gasteiger partial charge on any atom is -0.355 e. The van der Waals surface area contributed by atoms with Crippen molar-refractivity contribution in [1.29, 1.82) is 0 Å². The number of amides is 1. The molecule has 1 saturated heterocycles. The molecule has 0 radical (unpaired) electrons. The maximum absolute atomic E-state index is 12.9. The van der Waals surface area contributed by atoms with E-state index in [2.05, 4.69) is 34.5 Å². The summed E-state index contributed by atoms with van der Waals surface area (Å²) in [4.78, 5) is 15.4. The van der Waals surface area contributed by atoms with Crippen molar-refractivity contribution in [3.05, 3.63) is 35.9 Å². The number of nitrogens with one attached hydrogen (secondary N) is 1. The second-order valence-corrected chi connectivity index (χ2v) is 11.4. The molecule has 3 fully saturated rings. The summed E-state index contributed by atoms with van der Waals surface area (Å²) in [5, 5.41) is 2.82. The van der Waals surface area contributed by atoms with Gasteiger partial charge in [0, 0.05) is 44.7 Å². The molecule has 0 aromatic heterocycles. The highest BCUT2D eigenvalue weighted by atomic mass is 32.2. The third kappa shape index (κ3) is 5.06. The van der Waals surface area contributed by atoms with Gasteiger partial charge < -0.3 is 5.32 Å². The van der Waals surface area contributed by atoms with Gasteiger partial charge in [0.15, 0.2) is 0 Å². The Morgan fingerprint density at radius 3 is 2.40 bits per heavy atom. The Morgan fingerprint density at radius 1 is 0.967 bits per heavy atom. The van der Waals surface area contributed by atoms with Crippen LogP contribution in [0.25, 0.3) is 0 Å². The minimum atomic E-state index is -3.23. The van der Waals surface area contributed by atoms with Gasteiger partial charge in [0.2, 0.25) is 15.9 Å². The molecule has 3 aliphatic rings. The summed E-state index contributed by atoms with van der Waals surface area (Å²) >= 11 is 0. The summed E-state index contributed by atoms with van der Waals surface area (Å²) in [6, 6.07) is 10.4. The van der Waals surface area contributed by atoms with E-state index in [-0.39, 0.29) is 16.7 Å². The Morgan fingerprint density at radius 2 is 1.70 bits per heavy atom. The molecule has 1 N–H and O–H groups in total. The van der Waals surface area contributed by atoms with Crippen molar-refractivity contribution in [3.63, 3.8) is 0 Å². The smallest absolute Gasteiger partial charge is 0.221 e. The zero-order chi connectivity index (χ0) is 21.0. The van der Waals surface area contributed by atoms with E-state index in [0.717, 1.165) is 58.0 Å². The number of carbonyl (C=O) groups excluding carboxylic acids is 1. The van der Waals surface area contributed by atoms with Crippen LogP contribution in [-0.2, 0) is 21.4 Å². The van der Waals surface area contributed by atoms with Gasteiger partial charge in [-0.2, -0.15) is 4.31 Å². The Labute approximate surface area is 181 Å². The third-order valence-corrected chi connectivity index (χ3v) is 9.38. The first kappa shape index (κ1) is 21.8. The van der Waals surface area contributed by atoms with Gasteiger partial charge in [-0.3, -0.25) is 9.69 Å². The molecular weight excluding hydrogens is 398 g/mol. The molecular formula is C23H35N3O3S. The quantitative estimate of drug-likeness (QED) is 0.793. The average Bonchev–Trinajstić information content (AvgIpc) is 3.58. The van der Waals surface area contributed by atoms with Crippen LogP contribution in [-0.4, -0.2) is 60.5 Å². The number of sulfonamides is 1. The van der Waals surface area contributed by atoms with Crippen molar-refractivity contribution < 1.29 is 13.2 Å². The lowest BCUT2D eigenvalue weighted by Gasteiger charge is -2.46. The van der Waals surface area contributed by atoms with Gasteiger partial charge in [-0.15, -0.1) is 0 Å². The van der Waals surface area contributed by atoms with Crippen LogP contribution in [0.1, 0.15) is 63.4 Å². The Kier molecular flexibility index (Phi) is 6.80. The fourth-order valence-electron chi connectivity index (χ4n) is 5.16. The Balaban J connectivity index is 1.57. The molecule has 166 valence electrons. The van der Waals surface area contributed by atoms with Crippen LogP contribution in [0, 0.1) is 0 Å². The highest BCUT2D eigenvalue weighted by molar-refractivity contribution is 7.90. The van der Waals surface area contributed by atoms with Gasteiger partial charge in [-0.05, 0) is 37.7 Å². The van der Waals surface area contributed by atoms with Crippen LogP contribution in [0.4, 0.5) is 0 Å². The largest absolute Gasteiger partial charge is 0.355 e. The maximum atomic E-state index is 12.9. The van der Waals surface area contributed by atoms with Crippen LogP contribution in [0.5, 0.6) is 0 Å². The summed E-state index contributed by atoms with van der Waals surface area (Å²) in [5.74, 6) is 0.0561. The van der Waals surface area contributed by atoms with Crippen LogP contribution >= 0.6 is 0 Å². The standard InChI is InChI=1S/C23H35N3O3S/c27-22-18-23(12-5-2-6-13-23)25(19-20-8-3-1-4-9-20)15-7-16-26(17-14-24-22)30(28,29)21-10-11-21/h1,3-4,8-9,21H,2,5-7,10-19H2,(H,24,27). The van der Waals surface area contributed by atoms with E-state index in [0.29, 0.717) is 26.1 Å². The number of rotatable bonds is 4. The number of benzene rings is 1. The van der Waals surface area contributed by atoms with Gasteiger partial charge in [0.05, 0.1) is 5.25 Å². The molecule has 0 unspecified atom stereocenters. The summed E-state index contributed by atoms with van der Waals surface area (Å²) in [7, 11) is -3.23. The van der Waals surface area contributed by atoms with E-state index >= 15 is 0 Å². The number of nitrogens with zero attached hydrogens (tertiary/aromatic N) is 2. The molecule has 1 amide bonds. The molecule has 1 aliphatic heterocycles. The lowest BCUT2D eigenvalue weighted by Crippen LogP contribution is -2.52. The van der Waals surface area contributed by atoms with E-state index < -0.39 is 10.0 Å². The average molecular weight is 434 g/mol. The molecule has 1 spiro atoms. The summed E-state index contributed by atoms with van der Waals surface area (Å²) in [6.07, 6.45) is 8.47. The maximum Gasteiger partial charge on any atom is 0.221 e. The van der Waals surface area contributed by atoms with Crippen molar-refractivity contribution in [1.82, 2.24) is 14.5 Å². The molecule has 1 heterocycles. The fourth-order valence-corrected chi connectivity index (χ4v) is 7.05. The lowest BCUT2D eigenvalue weighted by atomic mass is 9.77. The predicted octanol–water partition coefficient (Wildman–Crippen LogP) is 2.90. The molecule has 6 nitrogen and oxygen atoms in total. The van der Waals surface area contributed by atoms with Crippen LogP contribution in [0.15, 0.2) is 30.3 Å². The van der Waals surface area contributed by atoms with Crippen molar-refractivity contribution in [2.24, 2.45) is 0 Å². The van der Waals surface area contributed by atoms with Gasteiger partial charge in [-0.1, -0.05) is 49.6 Å². The molecule has 2 saturated carbocycles. The second-order valence-electron chi connectivity index (χ2n) is 9.22. The van der Waals surface area contributed by atoms with Gasteiger partial charge >= 0.3 is 0 Å². The second kappa shape index (κ2) is 9.37. The molecule has 1 aromatic rings. The van der Waals surface area contributed by atoms with Crippen molar-refractivity contribution in [2.45, 2.75) is 75.1 Å². The number of carbonyl (C=O) groups is 1. The third-order valence-electron chi connectivity index (χ3n) is 6.99. The molecule has 4 rings (SSSR count). The Hall–Kier alpha value is -1.44. The first-order valence-corrected chi connectivity index (χ1v) is 13.0. The first-order valence-electron chi connectivity index (χ1n) is 11.5. The van der Waals surface area contributed by atoms with Gasteiger partial charge in [-0.25, -0.2) is 8.42 Å². The normalized spacial score (nSPS) is 24.9. The van der Waals surface area contributed by atoms with Gasteiger partial charge in [0.1, 0.15) is 0 Å². The van der Waals surface area contributed by atoms with Crippen molar-refractivity contribution in [2.75, 3.05) is 26.2 Å². The van der Waals surface area contributed by atoms with Gasteiger partial charge in [0.25, 0.3) is 0 Å². The van der Waals surface area contributed by atoms with E-state index in [1.54, 1.807) is 4.31 Å². The molecule has 1 aromatic carbocycles. The van der Waals surface area contributed by atoms with Crippen LogP contribution < -0.4 is 5.32 Å². The molecule has 7 heteroatoms. The summed E-state index contributed by atoms with van der Waals surface area (Å²) in [6.45, 7) is 2.95. The SMILES string of the molecule is O=C1CC2(CCCCC2)N(Cc2ccccc2)CCCN(S(=O)(=O)C2CC2)CCN1. The highest BCUT2D eigenvalue weighted by Gasteiger charge is 2.42. The number of hydrogen-bond donors (Lipinski definition) is 1. The van der Waals surface area contributed by atoms with E-state index in [1.165, 1.54) is 12.0 Å². The monoisotopic (exact) mass is 433 g/mol. The molecule has 30 heavy (non-hydrogen) atoms. The Bertz CT molecular complexity index is 817. The predicted molar refractivity (Wildman–Crippen MR) is 118 cm³/mol. The molecule has 0 bridgehead atoms. The summed E-state index contributed by atoms with van der Waals surface area (Å²) < 4.78 is 27.3. The molecule has 0 atom stereocenters. The lowest BCUT2D eigenvalue weighted by molar-refractivity contribution is -0.125. The van der Waals surface area contributed by atoms with E-state index in [9.17, 15) is 13.2 Å². The molecule has 2 aliphatic carbocycles.